The molecule has 6 nitrogen and oxygen atoms in total. The van der Waals surface area contributed by atoms with Crippen LogP contribution in [0.2, 0.25) is 0 Å². The van der Waals surface area contributed by atoms with Crippen molar-refractivity contribution in [2.24, 2.45) is 0 Å². The van der Waals surface area contributed by atoms with Gasteiger partial charge < -0.3 is 0 Å². The highest BCUT2D eigenvalue weighted by atomic mass is 35.5. The van der Waals surface area contributed by atoms with Crippen LogP contribution in [0, 0.1) is 12.7 Å². The molecule has 3 aromatic rings. The maximum Gasteiger partial charge on any atom is 0.241 e. The maximum atomic E-state index is 13.2. The standard InChI is InChI=1S/C25H27FN2O4S2.ClH/c1-19-7-10-24(33(29,30)23-11-8-21(26)9-12-23)17-25(19)34(31,32)27-22-13-15-28(16-14-22)18-20-5-3-2-4-6-20;/h2-12,17,22,27H,13-16,18H2,1H3;1H. The Hall–Kier alpha value is -2.30. The van der Waals surface area contributed by atoms with Gasteiger partial charge in [-0.1, -0.05) is 36.4 Å². The fourth-order valence-electron chi connectivity index (χ4n) is 4.12. The minimum Gasteiger partial charge on any atom is -0.299 e. The molecule has 10 heteroatoms. The van der Waals surface area contributed by atoms with Crippen LogP contribution in [-0.4, -0.2) is 40.9 Å². The Morgan fingerprint density at radius 2 is 1.49 bits per heavy atom. The van der Waals surface area contributed by atoms with E-state index in [1.165, 1.54) is 35.9 Å². The number of likely N-dealkylation sites (tertiary alicyclic amines) is 1. The van der Waals surface area contributed by atoms with Gasteiger partial charge >= 0.3 is 0 Å². The first kappa shape index (κ1) is 27.3. The SMILES string of the molecule is Cc1ccc(S(=O)(=O)c2ccc(F)cc2)cc1S(=O)(=O)NC1CCN(Cc2ccccc2)CC1.Cl. The molecule has 4 rings (SSSR count). The molecule has 35 heavy (non-hydrogen) atoms. The number of sulfone groups is 1. The Balaban J connectivity index is 0.00000342. The van der Waals surface area contributed by atoms with Gasteiger partial charge in [0, 0.05) is 25.7 Å². The minimum absolute atomic E-state index is 0. The Morgan fingerprint density at radius 1 is 0.886 bits per heavy atom. The van der Waals surface area contributed by atoms with Crippen LogP contribution in [0.15, 0.2) is 87.5 Å². The third-order valence-corrected chi connectivity index (χ3v) is 9.47. The summed E-state index contributed by atoms with van der Waals surface area (Å²) < 4.78 is 68.3. The summed E-state index contributed by atoms with van der Waals surface area (Å²) in [6, 6.07) is 18.4. The molecule has 1 saturated heterocycles. The zero-order valence-corrected chi connectivity index (χ0v) is 21.7. The molecule has 0 radical (unpaired) electrons. The van der Waals surface area contributed by atoms with E-state index in [1.54, 1.807) is 6.92 Å². The summed E-state index contributed by atoms with van der Waals surface area (Å²) in [5, 5.41) is 0. The van der Waals surface area contributed by atoms with Crippen molar-refractivity contribution < 1.29 is 21.2 Å². The lowest BCUT2D eigenvalue weighted by molar-refractivity contribution is 0.200. The highest BCUT2D eigenvalue weighted by Crippen LogP contribution is 2.26. The number of nitrogens with one attached hydrogen (secondary N) is 1. The van der Waals surface area contributed by atoms with E-state index in [0.29, 0.717) is 18.4 Å². The molecule has 1 aliphatic rings. The number of hydrogen-bond donors (Lipinski definition) is 1. The van der Waals surface area contributed by atoms with E-state index in [4.69, 9.17) is 0 Å². The van der Waals surface area contributed by atoms with Gasteiger partial charge in [0.25, 0.3) is 0 Å². The normalized spacial score (nSPS) is 15.5. The van der Waals surface area contributed by atoms with Crippen LogP contribution in [0.1, 0.15) is 24.0 Å². The van der Waals surface area contributed by atoms with Crippen LogP contribution in [-0.2, 0) is 26.4 Å². The number of halogens is 2. The van der Waals surface area contributed by atoms with Crippen molar-refractivity contribution in [2.75, 3.05) is 13.1 Å². The lowest BCUT2D eigenvalue weighted by Gasteiger charge is -2.32. The molecule has 188 valence electrons. The van der Waals surface area contributed by atoms with Gasteiger partial charge in [-0.3, -0.25) is 4.90 Å². The minimum atomic E-state index is -3.99. The summed E-state index contributed by atoms with van der Waals surface area (Å²) in [4.78, 5) is 1.98. The molecule has 0 aromatic heterocycles. The second kappa shape index (κ2) is 11.2. The van der Waals surface area contributed by atoms with Crippen molar-refractivity contribution >= 4 is 32.3 Å². The monoisotopic (exact) mass is 538 g/mol. The van der Waals surface area contributed by atoms with E-state index in [0.717, 1.165) is 31.8 Å². The molecule has 1 heterocycles. The average molecular weight is 539 g/mol. The molecule has 3 aromatic carbocycles. The number of sulfonamides is 1. The third kappa shape index (κ3) is 6.48. The van der Waals surface area contributed by atoms with E-state index in [2.05, 4.69) is 21.8 Å². The molecule has 0 amide bonds. The van der Waals surface area contributed by atoms with Gasteiger partial charge in [0.15, 0.2) is 0 Å². The molecule has 0 aliphatic carbocycles. The summed E-state index contributed by atoms with van der Waals surface area (Å²) in [5.74, 6) is -0.551. The number of piperidine rings is 1. The van der Waals surface area contributed by atoms with Gasteiger partial charge in [0.1, 0.15) is 5.82 Å². The molecular formula is C25H28ClFN2O4S2. The van der Waals surface area contributed by atoms with Crippen LogP contribution in [0.4, 0.5) is 4.39 Å². The number of aryl methyl sites for hydroxylation is 1. The lowest BCUT2D eigenvalue weighted by atomic mass is 10.1. The molecular weight excluding hydrogens is 511 g/mol. The lowest BCUT2D eigenvalue weighted by Crippen LogP contribution is -2.44. The number of nitrogens with zero attached hydrogens (tertiary/aromatic N) is 1. The number of rotatable bonds is 7. The number of hydrogen-bond acceptors (Lipinski definition) is 5. The van der Waals surface area contributed by atoms with Crippen molar-refractivity contribution in [1.29, 1.82) is 0 Å². The maximum absolute atomic E-state index is 13.2. The van der Waals surface area contributed by atoms with Crippen LogP contribution >= 0.6 is 12.4 Å². The Bertz CT molecular complexity index is 1360. The Kier molecular flexibility index (Phi) is 8.72. The van der Waals surface area contributed by atoms with Crippen LogP contribution in [0.25, 0.3) is 0 Å². The molecule has 0 saturated carbocycles. The quantitative estimate of drug-likeness (QED) is 0.453. The van der Waals surface area contributed by atoms with E-state index in [9.17, 15) is 21.2 Å². The van der Waals surface area contributed by atoms with Crippen molar-refractivity contribution in [1.82, 2.24) is 9.62 Å². The van der Waals surface area contributed by atoms with E-state index in [-0.39, 0.29) is 33.1 Å². The van der Waals surface area contributed by atoms with Gasteiger partial charge in [-0.15, -0.1) is 12.4 Å². The number of benzene rings is 3. The van der Waals surface area contributed by atoms with Crippen molar-refractivity contribution in [3.05, 3.63) is 89.7 Å². The first-order valence-corrected chi connectivity index (χ1v) is 14.0. The topological polar surface area (TPSA) is 83.5 Å². The van der Waals surface area contributed by atoms with E-state index < -0.39 is 25.7 Å². The van der Waals surface area contributed by atoms with Crippen molar-refractivity contribution in [3.8, 4) is 0 Å². The van der Waals surface area contributed by atoms with Gasteiger partial charge in [0.05, 0.1) is 14.7 Å². The first-order chi connectivity index (χ1) is 16.1. The molecule has 1 fully saturated rings. The second-order valence-corrected chi connectivity index (χ2v) is 12.2. The smallest absolute Gasteiger partial charge is 0.241 e. The van der Waals surface area contributed by atoms with Crippen LogP contribution in [0.3, 0.4) is 0 Å². The highest BCUT2D eigenvalue weighted by molar-refractivity contribution is 7.91. The van der Waals surface area contributed by atoms with Gasteiger partial charge in [-0.05, 0) is 67.3 Å². The fraction of sp³-hybridized carbons (Fsp3) is 0.280. The summed E-state index contributed by atoms with van der Waals surface area (Å²) in [6.45, 7) is 3.98. The van der Waals surface area contributed by atoms with Crippen LogP contribution in [0.5, 0.6) is 0 Å². The van der Waals surface area contributed by atoms with Gasteiger partial charge in [-0.2, -0.15) is 0 Å². The van der Waals surface area contributed by atoms with Crippen molar-refractivity contribution in [3.63, 3.8) is 0 Å². The van der Waals surface area contributed by atoms with E-state index >= 15 is 0 Å². The molecule has 0 unspecified atom stereocenters. The molecule has 0 spiro atoms. The summed E-state index contributed by atoms with van der Waals surface area (Å²) in [6.07, 6.45) is 1.33. The fourth-order valence-corrected chi connectivity index (χ4v) is 7.06. The molecule has 0 bridgehead atoms. The highest BCUT2D eigenvalue weighted by Gasteiger charge is 2.27. The summed E-state index contributed by atoms with van der Waals surface area (Å²) >= 11 is 0. The third-order valence-electron chi connectivity index (χ3n) is 6.04. The zero-order valence-electron chi connectivity index (χ0n) is 19.2. The summed E-state index contributed by atoms with van der Waals surface area (Å²) in [7, 11) is -7.92. The van der Waals surface area contributed by atoms with Gasteiger partial charge in [0.2, 0.25) is 19.9 Å². The zero-order chi connectivity index (χ0) is 24.3. The Morgan fingerprint density at radius 3 is 2.11 bits per heavy atom. The Labute approximate surface area is 212 Å². The first-order valence-electron chi connectivity index (χ1n) is 11.0. The van der Waals surface area contributed by atoms with Gasteiger partial charge in [-0.25, -0.2) is 25.9 Å². The molecule has 1 aliphatic heterocycles. The largest absolute Gasteiger partial charge is 0.299 e. The predicted molar refractivity (Wildman–Crippen MR) is 135 cm³/mol. The molecule has 0 atom stereocenters. The van der Waals surface area contributed by atoms with Crippen molar-refractivity contribution in [2.45, 2.75) is 47.0 Å². The average Bonchev–Trinajstić information content (AvgIpc) is 2.81. The van der Waals surface area contributed by atoms with E-state index in [1.807, 2.05) is 18.2 Å². The second-order valence-electron chi connectivity index (χ2n) is 8.54. The van der Waals surface area contributed by atoms with Crippen LogP contribution < -0.4 is 4.72 Å². The summed E-state index contributed by atoms with van der Waals surface area (Å²) in [5.41, 5.74) is 1.67. The predicted octanol–water partition coefficient (Wildman–Crippen LogP) is 4.33. The molecule has 1 N–H and O–H groups in total.